The molecule has 88 valence electrons. The Morgan fingerprint density at radius 2 is 2.00 bits per heavy atom. The quantitative estimate of drug-likeness (QED) is 0.842. The van der Waals surface area contributed by atoms with Crippen molar-refractivity contribution < 1.29 is 8.78 Å². The lowest BCUT2D eigenvalue weighted by Gasteiger charge is -2.10. The summed E-state index contributed by atoms with van der Waals surface area (Å²) in [7, 11) is 0. The maximum atomic E-state index is 13.2. The molecular weight excluding hydrogens is 290 g/mol. The fourth-order valence-corrected chi connectivity index (χ4v) is 1.76. The zero-order valence-corrected chi connectivity index (χ0v) is 10.6. The second-order valence-electron chi connectivity index (χ2n) is 3.57. The van der Waals surface area contributed by atoms with Gasteiger partial charge in [0, 0.05) is 23.6 Å². The van der Waals surface area contributed by atoms with Crippen LogP contribution in [0.4, 0.5) is 20.2 Å². The van der Waals surface area contributed by atoms with Gasteiger partial charge >= 0.3 is 0 Å². The van der Waals surface area contributed by atoms with Crippen molar-refractivity contribution in [1.29, 1.82) is 0 Å². The van der Waals surface area contributed by atoms with E-state index in [1.807, 2.05) is 0 Å². The molecule has 2 aromatic rings. The van der Waals surface area contributed by atoms with Gasteiger partial charge in [0.1, 0.15) is 5.82 Å². The third-order valence-electron chi connectivity index (χ3n) is 2.27. The number of hydrogen-bond donors (Lipinski definition) is 1. The summed E-state index contributed by atoms with van der Waals surface area (Å²) in [6, 6.07) is 5.93. The predicted molar refractivity (Wildman–Crippen MR) is 66.3 cm³/mol. The van der Waals surface area contributed by atoms with Crippen molar-refractivity contribution in [3.8, 4) is 0 Å². The van der Waals surface area contributed by atoms with Gasteiger partial charge in [0.25, 0.3) is 0 Å². The summed E-state index contributed by atoms with van der Waals surface area (Å²) in [5.41, 5.74) is 2.02. The minimum atomic E-state index is -0.561. The molecule has 0 aliphatic heterocycles. The zero-order valence-electron chi connectivity index (χ0n) is 8.97. The number of anilines is 2. The number of pyridine rings is 1. The lowest BCUT2D eigenvalue weighted by molar-refractivity contribution is 0.584. The SMILES string of the molecule is Cc1cc(F)c(Br)cc1Nc1ccnc(F)c1. The van der Waals surface area contributed by atoms with Crippen LogP contribution in [0.25, 0.3) is 0 Å². The van der Waals surface area contributed by atoms with E-state index in [1.165, 1.54) is 18.3 Å². The number of rotatable bonds is 2. The van der Waals surface area contributed by atoms with E-state index in [2.05, 4.69) is 26.2 Å². The van der Waals surface area contributed by atoms with Gasteiger partial charge in [0.15, 0.2) is 0 Å². The Bertz CT molecular complexity index is 558. The van der Waals surface area contributed by atoms with Gasteiger partial charge in [-0.3, -0.25) is 0 Å². The third kappa shape index (κ3) is 2.79. The molecule has 0 bridgehead atoms. The number of halogens is 3. The smallest absolute Gasteiger partial charge is 0.214 e. The summed E-state index contributed by atoms with van der Waals surface area (Å²) in [4.78, 5) is 3.46. The van der Waals surface area contributed by atoms with Crippen molar-refractivity contribution in [2.24, 2.45) is 0 Å². The van der Waals surface area contributed by atoms with Crippen LogP contribution in [0.3, 0.4) is 0 Å². The molecule has 2 rings (SSSR count). The van der Waals surface area contributed by atoms with Crippen LogP contribution in [-0.2, 0) is 0 Å². The van der Waals surface area contributed by atoms with E-state index < -0.39 is 5.95 Å². The number of nitrogens with zero attached hydrogens (tertiary/aromatic N) is 1. The lowest BCUT2D eigenvalue weighted by Crippen LogP contribution is -1.95. The van der Waals surface area contributed by atoms with Crippen LogP contribution >= 0.6 is 15.9 Å². The predicted octanol–water partition coefficient (Wildman–Crippen LogP) is 4.17. The maximum Gasteiger partial charge on any atom is 0.214 e. The van der Waals surface area contributed by atoms with E-state index in [9.17, 15) is 8.78 Å². The van der Waals surface area contributed by atoms with Gasteiger partial charge in [-0.05, 0) is 46.6 Å². The molecule has 0 fully saturated rings. The van der Waals surface area contributed by atoms with Crippen molar-refractivity contribution in [3.63, 3.8) is 0 Å². The van der Waals surface area contributed by atoms with Crippen molar-refractivity contribution in [2.75, 3.05) is 5.32 Å². The second kappa shape index (κ2) is 4.79. The van der Waals surface area contributed by atoms with Gasteiger partial charge in [0.05, 0.1) is 4.47 Å². The first kappa shape index (κ1) is 12.0. The number of aromatic nitrogens is 1. The highest BCUT2D eigenvalue weighted by atomic mass is 79.9. The summed E-state index contributed by atoms with van der Waals surface area (Å²) in [6.45, 7) is 1.77. The minimum absolute atomic E-state index is 0.325. The Labute approximate surface area is 106 Å². The molecule has 1 aromatic carbocycles. The third-order valence-corrected chi connectivity index (χ3v) is 2.88. The molecule has 0 saturated carbocycles. The molecular formula is C12H9BrF2N2. The maximum absolute atomic E-state index is 13.2. The molecule has 1 aromatic heterocycles. The summed E-state index contributed by atoms with van der Waals surface area (Å²) >= 11 is 3.11. The van der Waals surface area contributed by atoms with Gasteiger partial charge in [0.2, 0.25) is 5.95 Å². The summed E-state index contributed by atoms with van der Waals surface area (Å²) in [5, 5.41) is 3.00. The molecule has 0 radical (unpaired) electrons. The topological polar surface area (TPSA) is 24.9 Å². The molecule has 1 heterocycles. The van der Waals surface area contributed by atoms with Crippen molar-refractivity contribution in [1.82, 2.24) is 4.98 Å². The molecule has 0 spiro atoms. The van der Waals surface area contributed by atoms with E-state index in [4.69, 9.17) is 0 Å². The number of nitrogens with one attached hydrogen (secondary N) is 1. The normalized spacial score (nSPS) is 10.4. The van der Waals surface area contributed by atoms with Crippen molar-refractivity contribution in [2.45, 2.75) is 6.92 Å². The van der Waals surface area contributed by atoms with Crippen LogP contribution in [0.15, 0.2) is 34.9 Å². The molecule has 2 nitrogen and oxygen atoms in total. The zero-order chi connectivity index (χ0) is 12.4. The molecule has 17 heavy (non-hydrogen) atoms. The largest absolute Gasteiger partial charge is 0.355 e. The molecule has 0 aliphatic rings. The van der Waals surface area contributed by atoms with Gasteiger partial charge < -0.3 is 5.32 Å². The van der Waals surface area contributed by atoms with Gasteiger partial charge in [-0.25, -0.2) is 9.37 Å². The van der Waals surface area contributed by atoms with Crippen molar-refractivity contribution in [3.05, 3.63) is 52.3 Å². The highest BCUT2D eigenvalue weighted by Crippen LogP contribution is 2.26. The molecule has 0 unspecified atom stereocenters. The number of benzene rings is 1. The summed E-state index contributed by atoms with van der Waals surface area (Å²) in [6.07, 6.45) is 1.37. The monoisotopic (exact) mass is 298 g/mol. The first-order valence-corrected chi connectivity index (χ1v) is 5.70. The molecule has 5 heteroatoms. The molecule has 0 saturated heterocycles. The lowest BCUT2D eigenvalue weighted by atomic mass is 10.2. The fourth-order valence-electron chi connectivity index (χ4n) is 1.42. The van der Waals surface area contributed by atoms with Gasteiger partial charge in [-0.15, -0.1) is 0 Å². The Morgan fingerprint density at radius 1 is 1.24 bits per heavy atom. The van der Waals surface area contributed by atoms with Gasteiger partial charge in [-0.1, -0.05) is 0 Å². The highest BCUT2D eigenvalue weighted by molar-refractivity contribution is 9.10. The van der Waals surface area contributed by atoms with Crippen LogP contribution in [0.1, 0.15) is 5.56 Å². The molecule has 0 atom stereocenters. The Morgan fingerprint density at radius 3 is 2.71 bits per heavy atom. The van der Waals surface area contributed by atoms with E-state index >= 15 is 0 Å². The number of aryl methyl sites for hydroxylation is 1. The summed E-state index contributed by atoms with van der Waals surface area (Å²) < 4.78 is 26.5. The van der Waals surface area contributed by atoms with E-state index in [-0.39, 0.29) is 5.82 Å². The fraction of sp³-hybridized carbons (Fsp3) is 0.0833. The van der Waals surface area contributed by atoms with Crippen LogP contribution in [0.5, 0.6) is 0 Å². The van der Waals surface area contributed by atoms with E-state index in [1.54, 1.807) is 19.1 Å². The number of hydrogen-bond acceptors (Lipinski definition) is 2. The van der Waals surface area contributed by atoms with Crippen LogP contribution < -0.4 is 5.32 Å². The average molecular weight is 299 g/mol. The standard InChI is InChI=1S/C12H9BrF2N2/c1-7-4-10(14)9(13)6-11(7)17-8-2-3-16-12(15)5-8/h2-6H,1H3,(H,16,17). The van der Waals surface area contributed by atoms with Crippen LogP contribution in [0, 0.1) is 18.7 Å². The van der Waals surface area contributed by atoms with Crippen molar-refractivity contribution >= 4 is 27.3 Å². The Balaban J connectivity index is 2.33. The first-order chi connectivity index (χ1) is 8.06. The van der Waals surface area contributed by atoms with Gasteiger partial charge in [-0.2, -0.15) is 4.39 Å². The van der Waals surface area contributed by atoms with E-state index in [0.717, 1.165) is 5.56 Å². The minimum Gasteiger partial charge on any atom is -0.355 e. The van der Waals surface area contributed by atoms with Crippen LogP contribution in [0.2, 0.25) is 0 Å². The first-order valence-electron chi connectivity index (χ1n) is 4.90. The Hall–Kier alpha value is -1.49. The summed E-state index contributed by atoms with van der Waals surface area (Å²) in [5.74, 6) is -0.886. The Kier molecular flexibility index (Phi) is 3.38. The van der Waals surface area contributed by atoms with Crippen LogP contribution in [-0.4, -0.2) is 4.98 Å². The molecule has 1 N–H and O–H groups in total. The van der Waals surface area contributed by atoms with E-state index in [0.29, 0.717) is 15.8 Å². The average Bonchev–Trinajstić information content (AvgIpc) is 2.26. The highest BCUT2D eigenvalue weighted by Gasteiger charge is 2.06. The molecule has 0 amide bonds. The second-order valence-corrected chi connectivity index (χ2v) is 4.43. The molecule has 0 aliphatic carbocycles.